The van der Waals surface area contributed by atoms with E-state index in [0.29, 0.717) is 22.6 Å². The fourth-order valence-electron chi connectivity index (χ4n) is 2.22. The molecule has 0 spiro atoms. The first-order chi connectivity index (χ1) is 11.1. The number of methoxy groups -OCH3 is 1. The van der Waals surface area contributed by atoms with Gasteiger partial charge < -0.3 is 9.47 Å². The molecular weight excluding hydrogens is 290 g/mol. The zero-order valence-corrected chi connectivity index (χ0v) is 13.5. The molecule has 2 aromatic rings. The van der Waals surface area contributed by atoms with E-state index in [2.05, 4.69) is 6.92 Å². The van der Waals surface area contributed by atoms with E-state index < -0.39 is 6.10 Å². The van der Waals surface area contributed by atoms with E-state index >= 15 is 0 Å². The zero-order valence-electron chi connectivity index (χ0n) is 13.5. The smallest absolute Gasteiger partial charge is 0.202 e. The van der Waals surface area contributed by atoms with Crippen LogP contribution in [0.25, 0.3) is 0 Å². The van der Waals surface area contributed by atoms with Gasteiger partial charge in [-0.15, -0.1) is 0 Å². The second-order valence-electron chi connectivity index (χ2n) is 5.15. The first-order valence-corrected chi connectivity index (χ1v) is 7.47. The van der Waals surface area contributed by atoms with Gasteiger partial charge in [0.25, 0.3) is 0 Å². The predicted molar refractivity (Wildman–Crippen MR) is 87.9 cm³/mol. The molecule has 4 nitrogen and oxygen atoms in total. The number of aryl methyl sites for hydroxylation is 1. The molecule has 0 bridgehead atoms. The summed E-state index contributed by atoms with van der Waals surface area (Å²) < 4.78 is 10.9. The van der Waals surface area contributed by atoms with Gasteiger partial charge in [0.2, 0.25) is 5.78 Å². The van der Waals surface area contributed by atoms with E-state index in [9.17, 15) is 4.79 Å². The van der Waals surface area contributed by atoms with Gasteiger partial charge in [-0.25, -0.2) is 0 Å². The molecule has 1 atom stereocenters. The molecule has 0 aliphatic carbocycles. The Morgan fingerprint density at radius 2 is 1.87 bits per heavy atom. The number of hydrogen-bond donors (Lipinski definition) is 0. The Balaban J connectivity index is 2.16. The Morgan fingerprint density at radius 1 is 1.17 bits per heavy atom. The number of carbonyl (C=O) groups is 1. The molecule has 0 unspecified atom stereocenters. The molecule has 0 amide bonds. The second-order valence-corrected chi connectivity index (χ2v) is 5.15. The summed E-state index contributed by atoms with van der Waals surface area (Å²) in [5.41, 5.74) is 2.27. The van der Waals surface area contributed by atoms with Crippen molar-refractivity contribution >= 4 is 5.78 Å². The lowest BCUT2D eigenvalue weighted by atomic mass is 10.0. The van der Waals surface area contributed by atoms with Crippen LogP contribution in [0, 0.1) is 11.3 Å². The number of nitriles is 1. The van der Waals surface area contributed by atoms with E-state index in [4.69, 9.17) is 14.7 Å². The highest BCUT2D eigenvalue weighted by molar-refractivity contribution is 5.99. The lowest BCUT2D eigenvalue weighted by Crippen LogP contribution is -2.24. The number of hydrogen-bond acceptors (Lipinski definition) is 4. The SMILES string of the molecule is CCc1ccc(C(=O)[C@H](C)Oc2ccc(C#N)cc2OC)cc1. The van der Waals surface area contributed by atoms with Crippen LogP contribution in [-0.2, 0) is 6.42 Å². The molecule has 0 fully saturated rings. The van der Waals surface area contributed by atoms with E-state index in [1.165, 1.54) is 12.7 Å². The van der Waals surface area contributed by atoms with Gasteiger partial charge in [0.1, 0.15) is 0 Å². The highest BCUT2D eigenvalue weighted by Gasteiger charge is 2.18. The van der Waals surface area contributed by atoms with Gasteiger partial charge >= 0.3 is 0 Å². The Morgan fingerprint density at radius 3 is 2.43 bits per heavy atom. The van der Waals surface area contributed by atoms with Crippen molar-refractivity contribution in [3.63, 3.8) is 0 Å². The normalized spacial score (nSPS) is 11.4. The van der Waals surface area contributed by atoms with Crippen molar-refractivity contribution in [2.24, 2.45) is 0 Å². The van der Waals surface area contributed by atoms with Crippen molar-refractivity contribution in [1.82, 2.24) is 0 Å². The Bertz CT molecular complexity index is 729. The highest BCUT2D eigenvalue weighted by Crippen LogP contribution is 2.29. The maximum absolute atomic E-state index is 12.5. The van der Waals surface area contributed by atoms with Crippen LogP contribution in [0.5, 0.6) is 11.5 Å². The zero-order chi connectivity index (χ0) is 16.8. The summed E-state index contributed by atoms with van der Waals surface area (Å²) >= 11 is 0. The standard InChI is InChI=1S/C19H19NO3/c1-4-14-5-8-16(9-6-14)19(21)13(2)23-17-10-7-15(12-20)11-18(17)22-3/h5-11,13H,4H2,1-3H3/t13-/m0/s1. The van der Waals surface area contributed by atoms with Gasteiger partial charge in [0.15, 0.2) is 17.6 Å². The molecule has 0 saturated carbocycles. The number of nitrogens with zero attached hydrogens (tertiary/aromatic N) is 1. The third-order valence-corrected chi connectivity index (χ3v) is 3.61. The maximum atomic E-state index is 12.5. The minimum atomic E-state index is -0.649. The molecule has 0 saturated heterocycles. The predicted octanol–water partition coefficient (Wildman–Crippen LogP) is 3.78. The number of Topliss-reactive ketones (excluding diaryl/α,β-unsaturated/α-hetero) is 1. The summed E-state index contributed by atoms with van der Waals surface area (Å²) in [5, 5.41) is 8.91. The van der Waals surface area contributed by atoms with Crippen molar-refractivity contribution < 1.29 is 14.3 Å². The van der Waals surface area contributed by atoms with Crippen LogP contribution in [0.3, 0.4) is 0 Å². The van der Waals surface area contributed by atoms with Crippen LogP contribution in [0.4, 0.5) is 0 Å². The number of ether oxygens (including phenoxy) is 2. The minimum absolute atomic E-state index is 0.0981. The van der Waals surface area contributed by atoms with Gasteiger partial charge in [-0.1, -0.05) is 31.2 Å². The Kier molecular flexibility index (Phi) is 5.37. The molecule has 118 valence electrons. The molecule has 0 radical (unpaired) electrons. The molecule has 4 heteroatoms. The Hall–Kier alpha value is -2.80. The average molecular weight is 309 g/mol. The molecule has 0 heterocycles. The lowest BCUT2D eigenvalue weighted by Gasteiger charge is -2.16. The van der Waals surface area contributed by atoms with Gasteiger partial charge in [-0.3, -0.25) is 4.79 Å². The fourth-order valence-corrected chi connectivity index (χ4v) is 2.22. The number of benzene rings is 2. The van der Waals surface area contributed by atoms with Crippen molar-refractivity contribution in [2.45, 2.75) is 26.4 Å². The van der Waals surface area contributed by atoms with Crippen LogP contribution in [0.2, 0.25) is 0 Å². The van der Waals surface area contributed by atoms with Crippen LogP contribution in [-0.4, -0.2) is 19.0 Å². The second kappa shape index (κ2) is 7.46. The number of rotatable bonds is 6. The molecule has 2 rings (SSSR count). The molecule has 2 aromatic carbocycles. The van der Waals surface area contributed by atoms with Crippen molar-refractivity contribution in [3.8, 4) is 17.6 Å². The summed E-state index contributed by atoms with van der Waals surface area (Å²) in [6.45, 7) is 3.77. The first kappa shape index (κ1) is 16.6. The van der Waals surface area contributed by atoms with Crippen LogP contribution < -0.4 is 9.47 Å². The van der Waals surface area contributed by atoms with Crippen LogP contribution in [0.1, 0.15) is 35.3 Å². The maximum Gasteiger partial charge on any atom is 0.202 e. The van der Waals surface area contributed by atoms with Gasteiger partial charge in [0.05, 0.1) is 18.7 Å². The highest BCUT2D eigenvalue weighted by atomic mass is 16.5. The van der Waals surface area contributed by atoms with E-state index in [1.54, 1.807) is 25.1 Å². The summed E-state index contributed by atoms with van der Waals surface area (Å²) in [5.74, 6) is 0.779. The summed E-state index contributed by atoms with van der Waals surface area (Å²) in [4.78, 5) is 12.5. The molecular formula is C19H19NO3. The third-order valence-electron chi connectivity index (χ3n) is 3.61. The van der Waals surface area contributed by atoms with Gasteiger partial charge in [-0.05, 0) is 31.0 Å². The van der Waals surface area contributed by atoms with Crippen molar-refractivity contribution in [3.05, 3.63) is 59.2 Å². The number of carbonyl (C=O) groups excluding carboxylic acids is 1. The van der Waals surface area contributed by atoms with Crippen molar-refractivity contribution in [2.75, 3.05) is 7.11 Å². The summed E-state index contributed by atoms with van der Waals surface area (Å²) in [6.07, 6.45) is 0.285. The quantitative estimate of drug-likeness (QED) is 0.762. The third kappa shape index (κ3) is 3.89. The summed E-state index contributed by atoms with van der Waals surface area (Å²) in [6, 6.07) is 14.4. The molecule has 0 aliphatic heterocycles. The van der Waals surface area contributed by atoms with Gasteiger partial charge in [0, 0.05) is 11.6 Å². The molecule has 0 aliphatic rings. The monoisotopic (exact) mass is 309 g/mol. The van der Waals surface area contributed by atoms with E-state index in [0.717, 1.165) is 6.42 Å². The molecule has 0 N–H and O–H groups in total. The van der Waals surface area contributed by atoms with Crippen LogP contribution in [0.15, 0.2) is 42.5 Å². The summed E-state index contributed by atoms with van der Waals surface area (Å²) in [7, 11) is 1.50. The molecule has 0 aromatic heterocycles. The number of ketones is 1. The topological polar surface area (TPSA) is 59.3 Å². The van der Waals surface area contributed by atoms with Crippen molar-refractivity contribution in [1.29, 1.82) is 5.26 Å². The van der Waals surface area contributed by atoms with E-state index in [-0.39, 0.29) is 5.78 Å². The molecule has 23 heavy (non-hydrogen) atoms. The fraction of sp³-hybridized carbons (Fsp3) is 0.263. The minimum Gasteiger partial charge on any atom is -0.493 e. The largest absolute Gasteiger partial charge is 0.493 e. The van der Waals surface area contributed by atoms with Crippen LogP contribution >= 0.6 is 0 Å². The first-order valence-electron chi connectivity index (χ1n) is 7.47. The van der Waals surface area contributed by atoms with E-state index in [1.807, 2.05) is 30.3 Å². The average Bonchev–Trinajstić information content (AvgIpc) is 2.61. The van der Waals surface area contributed by atoms with Gasteiger partial charge in [-0.2, -0.15) is 5.26 Å². The lowest BCUT2D eigenvalue weighted by molar-refractivity contribution is 0.0814. The Labute approximate surface area is 136 Å².